The van der Waals surface area contributed by atoms with Crippen LogP contribution in [0.1, 0.15) is 0 Å². The fourth-order valence-corrected chi connectivity index (χ4v) is 0.307. The zero-order valence-corrected chi connectivity index (χ0v) is 4.78. The second kappa shape index (κ2) is 5.68. The van der Waals surface area contributed by atoms with Gasteiger partial charge >= 0.3 is 5.97 Å². The Bertz CT molecular complexity index is 78.4. The summed E-state index contributed by atoms with van der Waals surface area (Å²) in [5, 5.41) is 7.87. The van der Waals surface area contributed by atoms with Crippen molar-refractivity contribution in [3.63, 3.8) is 0 Å². The Kier molecular flexibility index (Phi) is 8.05. The van der Waals surface area contributed by atoms with E-state index in [0.29, 0.717) is 3.94 Å². The van der Waals surface area contributed by atoms with Gasteiger partial charge in [-0.2, -0.15) is 0 Å². The van der Waals surface area contributed by atoms with Crippen LogP contribution in [0.3, 0.4) is 0 Å². The molecular weight excluding hydrogens is 168 g/mol. The molecule has 3 nitrogen and oxygen atoms in total. The van der Waals surface area contributed by atoms with E-state index in [2.05, 4.69) is 0 Å². The fourth-order valence-electron chi connectivity index (χ4n) is 0.102. The molecule has 0 unspecified atom stereocenters. The van der Waals surface area contributed by atoms with Crippen molar-refractivity contribution in [3.05, 3.63) is 0 Å². The summed E-state index contributed by atoms with van der Waals surface area (Å²) in [7, 11) is 0. The summed E-state index contributed by atoms with van der Waals surface area (Å²) in [6.07, 6.45) is 0. The minimum Gasteiger partial charge on any atom is -0.480 e. The van der Waals surface area contributed by atoms with Crippen molar-refractivity contribution < 1.29 is 9.90 Å². The quantitative estimate of drug-likeness (QED) is 0.453. The van der Waals surface area contributed by atoms with Gasteiger partial charge in [0, 0.05) is 0 Å². The number of aliphatic carboxylic acids is 1. The molecule has 0 aliphatic heterocycles. The lowest BCUT2D eigenvalue weighted by Gasteiger charge is -1.94. The maximum atomic E-state index is 9.60. The zero-order valence-electron chi connectivity index (χ0n) is 3.27. The molecule has 0 rings (SSSR count). The highest BCUT2D eigenvalue weighted by Gasteiger charge is 1.99. The number of carbonyl (C=O) groups is 1. The summed E-state index contributed by atoms with van der Waals surface area (Å²) < 4.78 is 0.544. The molecular formula is C2H6AlCl2NO2. The van der Waals surface area contributed by atoms with Crippen LogP contribution in [0.2, 0.25) is 0 Å². The minimum absolute atomic E-state index is 0. The second-order valence-corrected chi connectivity index (χ2v) is 1.84. The van der Waals surface area contributed by atoms with Crippen molar-refractivity contribution in [3.8, 4) is 0 Å². The largest absolute Gasteiger partial charge is 0.480 e. The first-order valence-electron chi connectivity index (χ1n) is 1.44. The molecule has 48 valence electrons. The number of hydrogen-bond donors (Lipinski definition) is 1. The maximum absolute atomic E-state index is 9.60. The van der Waals surface area contributed by atoms with Gasteiger partial charge in [-0.05, 0) is 23.6 Å². The van der Waals surface area contributed by atoms with Gasteiger partial charge in [0.2, 0.25) is 0 Å². The lowest BCUT2D eigenvalue weighted by Crippen LogP contribution is -2.11. The number of halogens is 2. The molecule has 0 aliphatic carbocycles. The first-order valence-corrected chi connectivity index (χ1v) is 2.11. The van der Waals surface area contributed by atoms with E-state index in [1.807, 2.05) is 0 Å². The van der Waals surface area contributed by atoms with Crippen LogP contribution >= 0.6 is 23.6 Å². The molecule has 0 aliphatic rings. The average molecular weight is 174 g/mol. The van der Waals surface area contributed by atoms with E-state index in [0.717, 1.165) is 0 Å². The molecule has 6 heteroatoms. The van der Waals surface area contributed by atoms with E-state index in [9.17, 15) is 4.79 Å². The monoisotopic (exact) mass is 173 g/mol. The molecule has 0 saturated heterocycles. The normalized spacial score (nSPS) is 8.38. The highest BCUT2D eigenvalue weighted by Crippen LogP contribution is 1.95. The number of nitrogens with zero attached hydrogens (tertiary/aromatic N) is 1. The number of rotatable bonds is 2. The topological polar surface area (TPSA) is 40.5 Å². The predicted molar refractivity (Wildman–Crippen MR) is 36.0 cm³/mol. The number of carboxylic acids is 1. The van der Waals surface area contributed by atoms with Crippen LogP contribution in [0.15, 0.2) is 0 Å². The van der Waals surface area contributed by atoms with Gasteiger partial charge in [-0.3, -0.25) is 4.79 Å². The van der Waals surface area contributed by atoms with Gasteiger partial charge in [0.1, 0.15) is 6.54 Å². The molecule has 0 aromatic rings. The van der Waals surface area contributed by atoms with Crippen LogP contribution in [-0.4, -0.2) is 38.9 Å². The Labute approximate surface area is 67.5 Å². The molecule has 8 heavy (non-hydrogen) atoms. The molecule has 0 radical (unpaired) electrons. The first-order chi connectivity index (χ1) is 3.13. The Balaban J connectivity index is 0. The van der Waals surface area contributed by atoms with Gasteiger partial charge in [0.05, 0.1) is 0 Å². The van der Waals surface area contributed by atoms with Crippen molar-refractivity contribution in [2.45, 2.75) is 0 Å². The standard InChI is InChI=1S/C2H3Cl2NO2.Al.3H/c3-5(4)1-2(6)7;;;;/h1H2,(H,6,7);;;;. The summed E-state index contributed by atoms with van der Waals surface area (Å²) >= 11 is 9.78. The minimum atomic E-state index is -1.05. The number of hydrogen-bond acceptors (Lipinski definition) is 2. The van der Waals surface area contributed by atoms with Crippen LogP contribution in [-0.2, 0) is 4.79 Å². The van der Waals surface area contributed by atoms with Crippen molar-refractivity contribution in [2.24, 2.45) is 0 Å². The van der Waals surface area contributed by atoms with Gasteiger partial charge in [-0.25, -0.2) is 0 Å². The third-order valence-electron chi connectivity index (χ3n) is 0.255. The molecule has 0 fully saturated rings. The molecule has 0 spiro atoms. The summed E-state index contributed by atoms with van der Waals surface area (Å²) in [6, 6.07) is 0. The maximum Gasteiger partial charge on any atom is 0.320 e. The second-order valence-electron chi connectivity index (χ2n) is 0.855. The summed E-state index contributed by atoms with van der Waals surface area (Å²) in [4.78, 5) is 9.60. The van der Waals surface area contributed by atoms with Gasteiger partial charge < -0.3 is 5.11 Å². The van der Waals surface area contributed by atoms with E-state index >= 15 is 0 Å². The highest BCUT2D eigenvalue weighted by molar-refractivity contribution is 6.34. The molecule has 0 atom stereocenters. The SMILES string of the molecule is O=C(O)CN(Cl)Cl.[AlH3]. The molecule has 0 saturated carbocycles. The van der Waals surface area contributed by atoms with Crippen LogP contribution in [0.5, 0.6) is 0 Å². The first kappa shape index (κ1) is 11.4. The van der Waals surface area contributed by atoms with Gasteiger partial charge in [0.25, 0.3) is 0 Å². The van der Waals surface area contributed by atoms with Crippen LogP contribution < -0.4 is 0 Å². The Morgan fingerprint density at radius 1 is 1.62 bits per heavy atom. The van der Waals surface area contributed by atoms with Crippen LogP contribution in [0, 0.1) is 0 Å². The lowest BCUT2D eigenvalue weighted by molar-refractivity contribution is -0.136. The van der Waals surface area contributed by atoms with Crippen LogP contribution in [0.25, 0.3) is 0 Å². The Hall–Kier alpha value is 0.542. The van der Waals surface area contributed by atoms with E-state index < -0.39 is 5.97 Å². The van der Waals surface area contributed by atoms with E-state index in [4.69, 9.17) is 28.7 Å². The average Bonchev–Trinajstić information content (AvgIpc) is 1.27. The lowest BCUT2D eigenvalue weighted by atomic mass is 10.7. The molecule has 0 aromatic carbocycles. The predicted octanol–water partition coefficient (Wildman–Crippen LogP) is -0.503. The number of carboxylic acid groups (broad SMARTS) is 1. The van der Waals surface area contributed by atoms with Gasteiger partial charge in [-0.15, -0.1) is 3.94 Å². The molecule has 0 aromatic heterocycles. The summed E-state index contributed by atoms with van der Waals surface area (Å²) in [5.41, 5.74) is 0. The highest BCUT2D eigenvalue weighted by atomic mass is 35.5. The molecule has 0 heterocycles. The summed E-state index contributed by atoms with van der Waals surface area (Å²) in [5.74, 6) is -1.05. The van der Waals surface area contributed by atoms with Crippen molar-refractivity contribution in [2.75, 3.05) is 6.54 Å². The van der Waals surface area contributed by atoms with Crippen molar-refractivity contribution in [1.82, 2.24) is 3.94 Å². The van der Waals surface area contributed by atoms with Crippen molar-refractivity contribution >= 4 is 46.9 Å². The van der Waals surface area contributed by atoms with Gasteiger partial charge in [-0.1, -0.05) is 0 Å². The fraction of sp³-hybridized carbons (Fsp3) is 0.500. The summed E-state index contributed by atoms with van der Waals surface area (Å²) in [6.45, 7) is -0.358. The third kappa shape index (κ3) is 9.74. The molecule has 0 amide bonds. The Morgan fingerprint density at radius 3 is 2.00 bits per heavy atom. The van der Waals surface area contributed by atoms with Crippen LogP contribution in [0.4, 0.5) is 0 Å². The van der Waals surface area contributed by atoms with E-state index in [-0.39, 0.29) is 23.9 Å². The van der Waals surface area contributed by atoms with E-state index in [1.54, 1.807) is 0 Å². The smallest absolute Gasteiger partial charge is 0.320 e. The van der Waals surface area contributed by atoms with E-state index in [1.165, 1.54) is 0 Å². The zero-order chi connectivity index (χ0) is 5.86. The van der Waals surface area contributed by atoms with Crippen molar-refractivity contribution in [1.29, 1.82) is 0 Å². The molecule has 0 bridgehead atoms. The Morgan fingerprint density at radius 2 is 2.00 bits per heavy atom. The molecule has 1 N–H and O–H groups in total. The van der Waals surface area contributed by atoms with Gasteiger partial charge in [0.15, 0.2) is 17.4 Å². The third-order valence-corrected chi connectivity index (χ3v) is 0.494.